The minimum atomic E-state index is 0.564. The molecule has 4 nitrogen and oxygen atoms in total. The summed E-state index contributed by atoms with van der Waals surface area (Å²) in [4.78, 5) is 4.75. The van der Waals surface area contributed by atoms with Crippen molar-refractivity contribution in [1.82, 2.24) is 10.6 Å². The Hall–Kier alpha value is -0.610. The normalized spacial score (nSPS) is 28.4. The standard InChI is InChI=1S/C12H24N4/c13-7-3-4-8-14-9-12-15-10-5-1-2-6-11(10)16-12/h10-11,14H,1-9,13H2,(H,15,16). The number of amidine groups is 1. The zero-order chi connectivity index (χ0) is 11.2. The van der Waals surface area contributed by atoms with Crippen LogP contribution in [0, 0.1) is 0 Å². The third-order valence-electron chi connectivity index (χ3n) is 3.50. The summed E-state index contributed by atoms with van der Waals surface area (Å²) < 4.78 is 0. The largest absolute Gasteiger partial charge is 0.368 e. The van der Waals surface area contributed by atoms with Gasteiger partial charge in [0.2, 0.25) is 0 Å². The van der Waals surface area contributed by atoms with Gasteiger partial charge in [0.25, 0.3) is 0 Å². The maximum absolute atomic E-state index is 5.45. The highest BCUT2D eigenvalue weighted by molar-refractivity contribution is 5.86. The number of nitrogens with two attached hydrogens (primary N) is 1. The van der Waals surface area contributed by atoms with Gasteiger partial charge in [0.1, 0.15) is 5.84 Å². The lowest BCUT2D eigenvalue weighted by Crippen LogP contribution is -2.40. The SMILES string of the molecule is NCCCCNCC1=NC2CCCCC2N1. The lowest BCUT2D eigenvalue weighted by Gasteiger charge is -2.23. The first-order valence-corrected chi connectivity index (χ1v) is 6.64. The molecule has 0 aromatic heterocycles. The molecular formula is C12H24N4. The summed E-state index contributed by atoms with van der Waals surface area (Å²) in [5.74, 6) is 1.17. The molecule has 0 radical (unpaired) electrons. The van der Waals surface area contributed by atoms with Crippen LogP contribution in [-0.2, 0) is 0 Å². The van der Waals surface area contributed by atoms with E-state index in [4.69, 9.17) is 10.7 Å². The van der Waals surface area contributed by atoms with Crippen LogP contribution in [0.1, 0.15) is 38.5 Å². The Labute approximate surface area is 98.1 Å². The van der Waals surface area contributed by atoms with Crippen LogP contribution in [0.15, 0.2) is 4.99 Å². The van der Waals surface area contributed by atoms with Crippen molar-refractivity contribution in [3.63, 3.8) is 0 Å². The summed E-state index contributed by atoms with van der Waals surface area (Å²) in [5, 5.41) is 6.97. The van der Waals surface area contributed by atoms with E-state index < -0.39 is 0 Å². The Morgan fingerprint density at radius 1 is 1.31 bits per heavy atom. The molecule has 2 aliphatic rings. The van der Waals surface area contributed by atoms with Gasteiger partial charge in [0, 0.05) is 6.04 Å². The van der Waals surface area contributed by atoms with Gasteiger partial charge in [-0.15, -0.1) is 0 Å². The Kier molecular flexibility index (Phi) is 4.60. The smallest absolute Gasteiger partial charge is 0.111 e. The number of unbranched alkanes of at least 4 members (excludes halogenated alkanes) is 1. The maximum Gasteiger partial charge on any atom is 0.111 e. The predicted octanol–water partition coefficient (Wildman–Crippen LogP) is 0.628. The second-order valence-corrected chi connectivity index (χ2v) is 4.85. The van der Waals surface area contributed by atoms with Gasteiger partial charge in [-0.3, -0.25) is 4.99 Å². The molecule has 16 heavy (non-hydrogen) atoms. The van der Waals surface area contributed by atoms with E-state index in [1.54, 1.807) is 0 Å². The summed E-state index contributed by atoms with van der Waals surface area (Å²) in [7, 11) is 0. The van der Waals surface area contributed by atoms with Crippen molar-refractivity contribution in [1.29, 1.82) is 0 Å². The molecule has 0 bridgehead atoms. The van der Waals surface area contributed by atoms with Gasteiger partial charge in [0.15, 0.2) is 0 Å². The van der Waals surface area contributed by atoms with Crippen LogP contribution in [0.2, 0.25) is 0 Å². The molecule has 2 rings (SSSR count). The first-order chi connectivity index (χ1) is 7.90. The van der Waals surface area contributed by atoms with Gasteiger partial charge < -0.3 is 16.4 Å². The maximum atomic E-state index is 5.45. The van der Waals surface area contributed by atoms with Crippen molar-refractivity contribution in [3.8, 4) is 0 Å². The number of rotatable bonds is 6. The Bertz CT molecular complexity index is 239. The molecule has 1 heterocycles. The van der Waals surface area contributed by atoms with Crippen LogP contribution in [0.3, 0.4) is 0 Å². The van der Waals surface area contributed by atoms with Crippen molar-refractivity contribution in [2.75, 3.05) is 19.6 Å². The minimum absolute atomic E-state index is 0.564. The molecule has 4 heteroatoms. The molecule has 0 aromatic carbocycles. The van der Waals surface area contributed by atoms with Crippen molar-refractivity contribution < 1.29 is 0 Å². The average molecular weight is 224 g/mol. The molecule has 2 unspecified atom stereocenters. The average Bonchev–Trinajstić information content (AvgIpc) is 2.71. The van der Waals surface area contributed by atoms with E-state index in [9.17, 15) is 0 Å². The topological polar surface area (TPSA) is 62.4 Å². The Morgan fingerprint density at radius 3 is 3.00 bits per heavy atom. The van der Waals surface area contributed by atoms with Gasteiger partial charge >= 0.3 is 0 Å². The van der Waals surface area contributed by atoms with Gasteiger partial charge in [0.05, 0.1) is 12.6 Å². The lowest BCUT2D eigenvalue weighted by molar-refractivity contribution is 0.384. The van der Waals surface area contributed by atoms with E-state index in [1.807, 2.05) is 0 Å². The minimum Gasteiger partial charge on any atom is -0.368 e. The quantitative estimate of drug-likeness (QED) is 0.580. The van der Waals surface area contributed by atoms with Crippen molar-refractivity contribution in [2.24, 2.45) is 10.7 Å². The molecule has 0 spiro atoms. The van der Waals surface area contributed by atoms with E-state index >= 15 is 0 Å². The summed E-state index contributed by atoms with van der Waals surface area (Å²) in [5.41, 5.74) is 5.45. The van der Waals surface area contributed by atoms with Crippen LogP contribution in [0.25, 0.3) is 0 Å². The monoisotopic (exact) mass is 224 g/mol. The van der Waals surface area contributed by atoms with Gasteiger partial charge in [-0.2, -0.15) is 0 Å². The van der Waals surface area contributed by atoms with E-state index in [2.05, 4.69) is 10.6 Å². The summed E-state index contributed by atoms with van der Waals surface area (Å²) in [6.45, 7) is 2.75. The number of nitrogens with zero attached hydrogens (tertiary/aromatic N) is 1. The molecule has 92 valence electrons. The van der Waals surface area contributed by atoms with Crippen LogP contribution < -0.4 is 16.4 Å². The van der Waals surface area contributed by atoms with Crippen molar-refractivity contribution in [3.05, 3.63) is 0 Å². The van der Waals surface area contributed by atoms with Crippen molar-refractivity contribution in [2.45, 2.75) is 50.6 Å². The van der Waals surface area contributed by atoms with Crippen LogP contribution in [0.4, 0.5) is 0 Å². The second kappa shape index (κ2) is 6.21. The van der Waals surface area contributed by atoms with E-state index in [0.717, 1.165) is 32.5 Å². The Balaban J connectivity index is 1.63. The number of fused-ring (bicyclic) bond motifs is 1. The summed E-state index contributed by atoms with van der Waals surface area (Å²) in [6, 6.07) is 1.20. The van der Waals surface area contributed by atoms with E-state index in [1.165, 1.54) is 31.5 Å². The molecule has 0 amide bonds. The summed E-state index contributed by atoms with van der Waals surface area (Å²) in [6.07, 6.45) is 7.55. The third-order valence-corrected chi connectivity index (χ3v) is 3.50. The predicted molar refractivity (Wildman–Crippen MR) is 67.8 cm³/mol. The van der Waals surface area contributed by atoms with Gasteiger partial charge in [-0.05, 0) is 38.8 Å². The molecule has 1 aliphatic carbocycles. The third kappa shape index (κ3) is 3.19. The highest BCUT2D eigenvalue weighted by Gasteiger charge is 2.30. The highest BCUT2D eigenvalue weighted by Crippen LogP contribution is 2.24. The first kappa shape index (κ1) is 11.9. The highest BCUT2D eigenvalue weighted by atomic mass is 15.2. The van der Waals surface area contributed by atoms with Crippen LogP contribution in [-0.4, -0.2) is 37.6 Å². The summed E-state index contributed by atoms with van der Waals surface area (Å²) >= 11 is 0. The second-order valence-electron chi connectivity index (χ2n) is 4.85. The lowest BCUT2D eigenvalue weighted by atomic mass is 9.92. The number of hydrogen-bond acceptors (Lipinski definition) is 4. The fourth-order valence-electron chi connectivity index (χ4n) is 2.58. The zero-order valence-electron chi connectivity index (χ0n) is 10.0. The molecule has 2 atom stereocenters. The number of hydrogen-bond donors (Lipinski definition) is 3. The van der Waals surface area contributed by atoms with E-state index in [0.29, 0.717) is 12.1 Å². The fourth-order valence-corrected chi connectivity index (χ4v) is 2.58. The number of nitrogens with one attached hydrogen (secondary N) is 2. The van der Waals surface area contributed by atoms with Crippen molar-refractivity contribution >= 4 is 5.84 Å². The molecule has 0 saturated heterocycles. The molecule has 1 saturated carbocycles. The fraction of sp³-hybridized carbons (Fsp3) is 0.917. The molecule has 1 aliphatic heterocycles. The molecular weight excluding hydrogens is 200 g/mol. The van der Waals surface area contributed by atoms with E-state index in [-0.39, 0.29) is 0 Å². The Morgan fingerprint density at radius 2 is 2.19 bits per heavy atom. The first-order valence-electron chi connectivity index (χ1n) is 6.64. The van der Waals surface area contributed by atoms with Gasteiger partial charge in [-0.25, -0.2) is 0 Å². The van der Waals surface area contributed by atoms with Gasteiger partial charge in [-0.1, -0.05) is 12.8 Å². The zero-order valence-corrected chi connectivity index (χ0v) is 10.0. The molecule has 1 fully saturated rings. The van der Waals surface area contributed by atoms with Crippen LogP contribution >= 0.6 is 0 Å². The number of aliphatic imine (C=N–C) groups is 1. The molecule has 0 aromatic rings. The van der Waals surface area contributed by atoms with Crippen LogP contribution in [0.5, 0.6) is 0 Å². The molecule has 4 N–H and O–H groups in total.